The molecule has 8 aromatic rings. The van der Waals surface area contributed by atoms with E-state index in [4.69, 9.17) is 39.9 Å². The zero-order valence-corrected chi connectivity index (χ0v) is 55.2. The summed E-state index contributed by atoms with van der Waals surface area (Å²) in [4.78, 5) is 84.6. The number of carbonyl (C=O) groups excluding carboxylic acids is 4. The topological polar surface area (TPSA) is 322 Å². The van der Waals surface area contributed by atoms with Gasteiger partial charge in [-0.1, -0.05) is 72.8 Å². The van der Waals surface area contributed by atoms with Crippen LogP contribution in [0.25, 0.3) is 11.4 Å². The standard InChI is InChI=1S/C42H42F3N7O7.C27H30F3N7O5/c1-27-15-18-52(49-27)32-21-30(37(53)56-2)13-14-31(32)36(42(43,44)45)59-35-22-34(47-39(46)48-35)50-19-16-41(17-20-50)23-33(38(54)57-24-28-9-5-3-6-10-28)51(26-41)40(55)58-25-29-11-7-4-8-12-29;1-15-5-8-37(35-15)19-11-16(24(40)41-2)3-4-17(19)22(27(28,29)30)42-21-12-20(33-25(31)34-21)36-9-6-26(7-10-36)13-18(23(38)39)32-14-26/h3-15,18,21-22,33,36H,16-17,19-20,23-26H2,1-2H3,(H2,46,47,48);3-5,8,11-12,18,22,32H,6-7,9-10,13-14H2,1-2H3,(H,38,39)(H2,31,33,34)/t33-,36+;18-,22+/m00/s1. The summed E-state index contributed by atoms with van der Waals surface area (Å²) in [5.74, 6) is -3.73. The molecular weight excluding hydrogens is 1330 g/mol. The number of anilines is 4. The number of hydrogen-bond acceptors (Lipinski definition) is 22. The van der Waals surface area contributed by atoms with Crippen molar-refractivity contribution in [2.75, 3.05) is 74.8 Å². The van der Waals surface area contributed by atoms with Crippen LogP contribution in [0.3, 0.4) is 0 Å². The summed E-state index contributed by atoms with van der Waals surface area (Å²) in [6, 6.07) is 30.0. The molecule has 8 heterocycles. The Labute approximate surface area is 574 Å². The van der Waals surface area contributed by atoms with E-state index >= 15 is 0 Å². The number of methoxy groups -OCH3 is 2. The van der Waals surface area contributed by atoms with Crippen LogP contribution in [0.4, 0.5) is 54.7 Å². The highest BCUT2D eigenvalue weighted by molar-refractivity contribution is 5.91. The van der Waals surface area contributed by atoms with Gasteiger partial charge in [0.05, 0.1) is 48.1 Å². The minimum Gasteiger partial charge on any atom is -0.480 e. The lowest BCUT2D eigenvalue weighted by Gasteiger charge is -2.39. The molecule has 0 bridgehead atoms. The number of halogens is 6. The number of amides is 1. The number of ether oxygens (including phenoxy) is 6. The second-order valence-electron chi connectivity index (χ2n) is 25.2. The summed E-state index contributed by atoms with van der Waals surface area (Å²) < 4.78 is 123. The maximum absolute atomic E-state index is 14.9. The third kappa shape index (κ3) is 16.8. The summed E-state index contributed by atoms with van der Waals surface area (Å²) in [5.41, 5.74) is 13.3. The van der Waals surface area contributed by atoms with Gasteiger partial charge in [-0.05, 0) is 111 Å². The van der Waals surface area contributed by atoms with Crippen molar-refractivity contribution in [1.82, 2.24) is 49.7 Å². The minimum atomic E-state index is -4.95. The quantitative estimate of drug-likeness (QED) is 0.0352. The lowest BCUT2D eigenvalue weighted by Crippen LogP contribution is -2.43. The van der Waals surface area contributed by atoms with Gasteiger partial charge >= 0.3 is 42.3 Å². The number of alkyl halides is 6. The maximum Gasteiger partial charge on any atom is 0.429 e. The van der Waals surface area contributed by atoms with Gasteiger partial charge in [-0.25, -0.2) is 28.5 Å². The summed E-state index contributed by atoms with van der Waals surface area (Å²) in [5, 5.41) is 20.9. The second kappa shape index (κ2) is 29.8. The molecule has 532 valence electrons. The van der Waals surface area contributed by atoms with Crippen molar-refractivity contribution >= 4 is 53.5 Å². The number of nitrogens with one attached hydrogen (secondary N) is 1. The van der Waals surface area contributed by atoms with Gasteiger partial charge in [-0.3, -0.25) is 9.69 Å². The molecule has 0 unspecified atom stereocenters. The Balaban J connectivity index is 0.000000215. The largest absolute Gasteiger partial charge is 0.480 e. The monoisotopic (exact) mass is 1400 g/mol. The lowest BCUT2D eigenvalue weighted by molar-refractivity contribution is -0.199. The van der Waals surface area contributed by atoms with Crippen LogP contribution in [0.2, 0.25) is 0 Å². The Bertz CT molecular complexity index is 4230. The number of benzene rings is 4. The Morgan fingerprint density at radius 2 is 1.04 bits per heavy atom. The average Bonchev–Trinajstić information content (AvgIpc) is 1.75. The summed E-state index contributed by atoms with van der Waals surface area (Å²) in [7, 11) is 2.34. The number of esters is 3. The molecule has 2 spiro atoms. The molecule has 6 N–H and O–H groups in total. The van der Waals surface area contributed by atoms with Crippen molar-refractivity contribution in [3.63, 3.8) is 0 Å². The van der Waals surface area contributed by atoms with Gasteiger partial charge in [0.15, 0.2) is 0 Å². The summed E-state index contributed by atoms with van der Waals surface area (Å²) >= 11 is 0. The van der Waals surface area contributed by atoms with E-state index in [2.05, 4.69) is 35.5 Å². The number of piperidine rings is 2. The van der Waals surface area contributed by atoms with Crippen LogP contribution in [0.5, 0.6) is 11.8 Å². The summed E-state index contributed by atoms with van der Waals surface area (Å²) in [6.07, 6.45) is -9.37. The fourth-order valence-corrected chi connectivity index (χ4v) is 13.0. The Morgan fingerprint density at radius 3 is 1.45 bits per heavy atom. The number of nitrogens with two attached hydrogens (primary N) is 2. The highest BCUT2D eigenvalue weighted by atomic mass is 19.4. The molecule has 0 radical (unpaired) electrons. The molecule has 4 aliphatic rings. The van der Waals surface area contributed by atoms with Gasteiger partial charge in [-0.15, -0.1) is 0 Å². The van der Waals surface area contributed by atoms with Crippen molar-refractivity contribution in [2.45, 2.75) is 102 Å². The van der Waals surface area contributed by atoms with Crippen LogP contribution in [-0.2, 0) is 41.8 Å². The predicted molar refractivity (Wildman–Crippen MR) is 351 cm³/mol. The molecule has 4 aliphatic heterocycles. The molecule has 12 rings (SSSR count). The molecule has 101 heavy (non-hydrogen) atoms. The van der Waals surface area contributed by atoms with Gasteiger partial charge in [0.1, 0.15) is 36.9 Å². The highest BCUT2D eigenvalue weighted by Crippen LogP contribution is 2.47. The van der Waals surface area contributed by atoms with Gasteiger partial charge < -0.3 is 60.1 Å². The second-order valence-corrected chi connectivity index (χ2v) is 25.2. The van der Waals surface area contributed by atoms with Crippen LogP contribution in [0, 0.1) is 24.7 Å². The number of rotatable bonds is 18. The fourth-order valence-electron chi connectivity index (χ4n) is 13.0. The predicted octanol–water partition coefficient (Wildman–Crippen LogP) is 9.82. The number of hydrogen-bond donors (Lipinski definition) is 4. The van der Waals surface area contributed by atoms with Crippen LogP contribution in [-0.4, -0.2) is 157 Å². The number of nitrogens with zero attached hydrogens (tertiary/aromatic N) is 11. The Morgan fingerprint density at radius 1 is 0.594 bits per heavy atom. The first-order chi connectivity index (χ1) is 48.2. The number of carbonyl (C=O) groups is 5. The van der Waals surface area contributed by atoms with Crippen molar-refractivity contribution < 1.29 is 83.8 Å². The summed E-state index contributed by atoms with van der Waals surface area (Å²) in [6.45, 7) is 5.99. The molecule has 1 amide bonds. The zero-order valence-electron chi connectivity index (χ0n) is 55.2. The third-order valence-corrected chi connectivity index (χ3v) is 18.3. The fraction of sp³-hybridized carbons (Fsp3) is 0.377. The number of aryl methyl sites for hydroxylation is 2. The van der Waals surface area contributed by atoms with E-state index in [1.165, 1.54) is 77.3 Å². The number of carboxylic acid groups (broad SMARTS) is 1. The van der Waals surface area contributed by atoms with Crippen molar-refractivity contribution in [3.05, 3.63) is 178 Å². The molecule has 4 atom stereocenters. The van der Waals surface area contributed by atoms with E-state index in [-0.39, 0.29) is 82.4 Å². The lowest BCUT2D eigenvalue weighted by atomic mass is 9.76. The first-order valence-corrected chi connectivity index (χ1v) is 32.1. The van der Waals surface area contributed by atoms with Gasteiger partial charge in [0.2, 0.25) is 35.9 Å². The average molecular weight is 1400 g/mol. The molecule has 4 fully saturated rings. The van der Waals surface area contributed by atoms with Gasteiger partial charge in [0.25, 0.3) is 0 Å². The van der Waals surface area contributed by atoms with Gasteiger partial charge in [-0.2, -0.15) is 56.5 Å². The smallest absolute Gasteiger partial charge is 0.429 e. The molecule has 4 aromatic carbocycles. The SMILES string of the molecule is COC(=O)c1ccc([C@@H](Oc2cc(N3CCC4(CC3)CN[C@H](C(=O)O)C4)nc(N)n2)C(F)(F)F)c(-n2ccc(C)n2)c1.COC(=O)c1ccc([C@@H](Oc2cc(N3CCC4(CC3)C[C@@H](C(=O)OCc3ccccc3)N(C(=O)OCc3ccccc3)C4)nc(N)n2)C(F)(F)F)c(-n2ccc(C)n2)c1. The van der Waals surface area contributed by atoms with E-state index in [1.807, 2.05) is 70.5 Å². The van der Waals surface area contributed by atoms with Crippen LogP contribution < -0.4 is 36.1 Å². The minimum absolute atomic E-state index is 0.0154. The first-order valence-electron chi connectivity index (χ1n) is 32.1. The van der Waals surface area contributed by atoms with E-state index in [0.717, 1.165) is 23.3 Å². The molecule has 0 aliphatic carbocycles. The van der Waals surface area contributed by atoms with E-state index < -0.39 is 77.9 Å². The number of aromatic nitrogens is 8. The zero-order chi connectivity index (χ0) is 72.0. The van der Waals surface area contributed by atoms with Crippen molar-refractivity contribution in [1.29, 1.82) is 0 Å². The molecule has 4 aromatic heterocycles. The normalized spacial score (nSPS) is 17.7. The maximum atomic E-state index is 14.9. The molecule has 32 heteroatoms. The molecule has 0 saturated carbocycles. The Hall–Kier alpha value is -11.1. The number of aliphatic carboxylic acids is 1. The number of carboxylic acids is 1. The van der Waals surface area contributed by atoms with Gasteiger partial charge in [0, 0.05) is 74.9 Å². The highest BCUT2D eigenvalue weighted by Gasteiger charge is 2.52. The third-order valence-electron chi connectivity index (χ3n) is 18.3. The van der Waals surface area contributed by atoms with Crippen LogP contribution in [0.15, 0.2) is 134 Å². The van der Waals surface area contributed by atoms with Crippen molar-refractivity contribution in [3.8, 4) is 23.1 Å². The first kappa shape index (κ1) is 71.2. The van der Waals surface area contributed by atoms with E-state index in [9.17, 15) is 55.4 Å². The molecule has 26 nitrogen and oxygen atoms in total. The van der Waals surface area contributed by atoms with Crippen molar-refractivity contribution in [2.24, 2.45) is 10.8 Å². The van der Waals surface area contributed by atoms with E-state index in [0.29, 0.717) is 88.5 Å². The molecular formula is C69H72F6N14O12. The Kier molecular flexibility index (Phi) is 21.0. The number of likely N-dealkylation sites (tertiary alicyclic amines) is 1. The van der Waals surface area contributed by atoms with E-state index in [1.54, 1.807) is 26.0 Å². The van der Waals surface area contributed by atoms with Crippen LogP contribution in [0.1, 0.15) is 105 Å². The molecule has 4 saturated heterocycles. The van der Waals surface area contributed by atoms with Crippen LogP contribution >= 0.6 is 0 Å². The number of nitrogen functional groups attached to an aromatic ring is 2.